The van der Waals surface area contributed by atoms with Crippen molar-refractivity contribution in [3.8, 4) is 0 Å². The molecule has 23 heavy (non-hydrogen) atoms. The number of fused-ring (bicyclic) bond motifs is 1. The summed E-state index contributed by atoms with van der Waals surface area (Å²) < 4.78 is 0.905. The number of hydrogen-bond donors (Lipinski definition) is 2. The SMILES string of the molecule is Cc1ccccc1NC(=O)NC(=O)c1sc2ccccc2c1Cl. The van der Waals surface area contributed by atoms with E-state index < -0.39 is 11.9 Å². The van der Waals surface area contributed by atoms with E-state index in [1.54, 1.807) is 6.07 Å². The van der Waals surface area contributed by atoms with Gasteiger partial charge in [-0.2, -0.15) is 0 Å². The Labute approximate surface area is 142 Å². The highest BCUT2D eigenvalue weighted by atomic mass is 35.5. The normalized spacial score (nSPS) is 10.5. The van der Waals surface area contributed by atoms with E-state index in [2.05, 4.69) is 10.6 Å². The Morgan fingerprint density at radius 2 is 1.74 bits per heavy atom. The van der Waals surface area contributed by atoms with Gasteiger partial charge < -0.3 is 5.32 Å². The van der Waals surface area contributed by atoms with E-state index in [0.29, 0.717) is 15.6 Å². The van der Waals surface area contributed by atoms with Gasteiger partial charge in [-0.1, -0.05) is 48.0 Å². The fourth-order valence-corrected chi connectivity index (χ4v) is 3.60. The number of para-hydroxylation sites is 1. The van der Waals surface area contributed by atoms with Gasteiger partial charge in [0.1, 0.15) is 4.88 Å². The zero-order chi connectivity index (χ0) is 16.4. The Morgan fingerprint density at radius 3 is 2.48 bits per heavy atom. The van der Waals surface area contributed by atoms with Crippen LogP contribution in [0.5, 0.6) is 0 Å². The summed E-state index contributed by atoms with van der Waals surface area (Å²) in [6.45, 7) is 1.88. The standard InChI is InChI=1S/C17H13ClN2O2S/c1-10-6-2-4-8-12(10)19-17(22)20-16(21)15-14(18)11-7-3-5-9-13(11)23-15/h2-9H,1H3,(H2,19,20,21,22). The zero-order valence-corrected chi connectivity index (χ0v) is 13.8. The van der Waals surface area contributed by atoms with E-state index in [1.165, 1.54) is 11.3 Å². The molecule has 2 aromatic carbocycles. The van der Waals surface area contributed by atoms with Gasteiger partial charge in [-0.15, -0.1) is 11.3 Å². The molecule has 0 bridgehead atoms. The highest BCUT2D eigenvalue weighted by Crippen LogP contribution is 2.34. The Morgan fingerprint density at radius 1 is 1.04 bits per heavy atom. The van der Waals surface area contributed by atoms with Crippen LogP contribution in [-0.2, 0) is 0 Å². The third-order valence-corrected chi connectivity index (χ3v) is 5.04. The monoisotopic (exact) mass is 344 g/mol. The van der Waals surface area contributed by atoms with Crippen molar-refractivity contribution in [1.29, 1.82) is 0 Å². The molecule has 0 fully saturated rings. The second-order valence-corrected chi connectivity index (χ2v) is 6.39. The molecule has 1 aromatic heterocycles. The number of urea groups is 1. The highest BCUT2D eigenvalue weighted by molar-refractivity contribution is 7.21. The number of hydrogen-bond acceptors (Lipinski definition) is 3. The maximum atomic E-state index is 12.3. The van der Waals surface area contributed by atoms with Crippen LogP contribution in [0.2, 0.25) is 5.02 Å². The first-order chi connectivity index (χ1) is 11.1. The van der Waals surface area contributed by atoms with Crippen LogP contribution in [0.3, 0.4) is 0 Å². The van der Waals surface area contributed by atoms with Gasteiger partial charge in [0, 0.05) is 15.8 Å². The van der Waals surface area contributed by atoms with E-state index in [9.17, 15) is 9.59 Å². The van der Waals surface area contributed by atoms with Crippen molar-refractivity contribution in [2.24, 2.45) is 0 Å². The molecule has 3 rings (SSSR count). The number of halogens is 1. The van der Waals surface area contributed by atoms with Crippen LogP contribution >= 0.6 is 22.9 Å². The van der Waals surface area contributed by atoms with Gasteiger partial charge in [0.15, 0.2) is 0 Å². The second-order valence-electron chi connectivity index (χ2n) is 4.96. The number of anilines is 1. The molecular weight excluding hydrogens is 332 g/mol. The maximum Gasteiger partial charge on any atom is 0.326 e. The molecular formula is C17H13ClN2O2S. The number of aryl methyl sites for hydroxylation is 1. The fourth-order valence-electron chi connectivity index (χ4n) is 2.19. The predicted octanol–water partition coefficient (Wildman–Crippen LogP) is 4.83. The molecule has 116 valence electrons. The Bertz CT molecular complexity index is 904. The molecule has 0 aliphatic carbocycles. The molecule has 0 spiro atoms. The van der Waals surface area contributed by atoms with Crippen LogP contribution in [0.25, 0.3) is 10.1 Å². The predicted molar refractivity (Wildman–Crippen MR) is 94.5 cm³/mol. The second kappa shape index (κ2) is 6.40. The topological polar surface area (TPSA) is 58.2 Å². The summed E-state index contributed by atoms with van der Waals surface area (Å²) in [6, 6.07) is 14.2. The average Bonchev–Trinajstić information content (AvgIpc) is 2.87. The molecule has 0 atom stereocenters. The van der Waals surface area contributed by atoms with Crippen molar-refractivity contribution in [3.63, 3.8) is 0 Å². The Hall–Kier alpha value is -2.37. The smallest absolute Gasteiger partial charge is 0.307 e. The van der Waals surface area contributed by atoms with E-state index >= 15 is 0 Å². The molecule has 0 saturated carbocycles. The number of carbonyl (C=O) groups excluding carboxylic acids is 2. The molecule has 0 aliphatic rings. The summed E-state index contributed by atoms with van der Waals surface area (Å²) in [7, 11) is 0. The molecule has 4 nitrogen and oxygen atoms in total. The molecule has 0 aliphatic heterocycles. The van der Waals surface area contributed by atoms with Crippen molar-refractivity contribution in [2.45, 2.75) is 6.92 Å². The largest absolute Gasteiger partial charge is 0.326 e. The van der Waals surface area contributed by atoms with Gasteiger partial charge in [-0.25, -0.2) is 4.79 Å². The first-order valence-electron chi connectivity index (χ1n) is 6.91. The number of amides is 3. The van der Waals surface area contributed by atoms with Gasteiger partial charge in [-0.3, -0.25) is 10.1 Å². The lowest BCUT2D eigenvalue weighted by molar-refractivity contribution is 0.0971. The molecule has 1 heterocycles. The van der Waals surface area contributed by atoms with E-state index in [-0.39, 0.29) is 0 Å². The number of carbonyl (C=O) groups is 2. The number of imide groups is 1. The van der Waals surface area contributed by atoms with Crippen LogP contribution in [-0.4, -0.2) is 11.9 Å². The quantitative estimate of drug-likeness (QED) is 0.699. The highest BCUT2D eigenvalue weighted by Gasteiger charge is 2.19. The first-order valence-corrected chi connectivity index (χ1v) is 8.10. The van der Waals surface area contributed by atoms with Crippen LogP contribution in [0.1, 0.15) is 15.2 Å². The minimum absolute atomic E-state index is 0.327. The van der Waals surface area contributed by atoms with E-state index in [0.717, 1.165) is 15.6 Å². The van der Waals surface area contributed by atoms with E-state index in [1.807, 2.05) is 49.4 Å². The molecule has 3 aromatic rings. The lowest BCUT2D eigenvalue weighted by Crippen LogP contribution is -2.34. The zero-order valence-electron chi connectivity index (χ0n) is 12.2. The van der Waals surface area contributed by atoms with Gasteiger partial charge in [-0.05, 0) is 24.6 Å². The third-order valence-electron chi connectivity index (χ3n) is 3.36. The minimum Gasteiger partial charge on any atom is -0.307 e. The Balaban J connectivity index is 1.77. The molecule has 2 N–H and O–H groups in total. The molecule has 3 amide bonds. The summed E-state index contributed by atoms with van der Waals surface area (Å²) in [5.41, 5.74) is 1.57. The fraction of sp³-hybridized carbons (Fsp3) is 0.0588. The molecule has 0 saturated heterocycles. The molecule has 0 unspecified atom stereocenters. The summed E-state index contributed by atoms with van der Waals surface area (Å²) in [6.07, 6.45) is 0. The maximum absolute atomic E-state index is 12.3. The van der Waals surface area contributed by atoms with Crippen molar-refractivity contribution in [2.75, 3.05) is 5.32 Å². The van der Waals surface area contributed by atoms with Gasteiger partial charge in [0.05, 0.1) is 5.02 Å². The number of rotatable bonds is 2. The summed E-state index contributed by atoms with van der Waals surface area (Å²) >= 11 is 7.50. The van der Waals surface area contributed by atoms with Crippen molar-refractivity contribution in [3.05, 3.63) is 64.0 Å². The Kier molecular flexibility index (Phi) is 4.32. The number of benzene rings is 2. The van der Waals surface area contributed by atoms with Crippen LogP contribution in [0, 0.1) is 6.92 Å². The number of nitrogens with one attached hydrogen (secondary N) is 2. The lowest BCUT2D eigenvalue weighted by Gasteiger charge is -2.08. The van der Waals surface area contributed by atoms with Crippen molar-refractivity contribution in [1.82, 2.24) is 5.32 Å². The average molecular weight is 345 g/mol. The minimum atomic E-state index is -0.585. The van der Waals surface area contributed by atoms with Crippen molar-refractivity contribution >= 4 is 50.6 Å². The van der Waals surface area contributed by atoms with Gasteiger partial charge >= 0.3 is 6.03 Å². The van der Waals surface area contributed by atoms with E-state index in [4.69, 9.17) is 11.6 Å². The van der Waals surface area contributed by atoms with Crippen LogP contribution < -0.4 is 10.6 Å². The summed E-state index contributed by atoms with van der Waals surface area (Å²) in [5.74, 6) is -0.512. The first kappa shape index (κ1) is 15.5. The molecule has 0 radical (unpaired) electrons. The molecule has 6 heteroatoms. The third kappa shape index (κ3) is 3.21. The van der Waals surface area contributed by atoms with Crippen LogP contribution in [0.15, 0.2) is 48.5 Å². The summed E-state index contributed by atoms with van der Waals surface area (Å²) in [5, 5.41) is 6.14. The van der Waals surface area contributed by atoms with Crippen LogP contribution in [0.4, 0.5) is 10.5 Å². The van der Waals surface area contributed by atoms with Crippen molar-refractivity contribution < 1.29 is 9.59 Å². The van der Waals surface area contributed by atoms with Gasteiger partial charge in [0.2, 0.25) is 0 Å². The number of thiophene rings is 1. The lowest BCUT2D eigenvalue weighted by atomic mass is 10.2. The van der Waals surface area contributed by atoms with Gasteiger partial charge in [0.25, 0.3) is 5.91 Å². The summed E-state index contributed by atoms with van der Waals surface area (Å²) in [4.78, 5) is 24.6.